The SMILES string of the molecule is CC1CN(c2nc(-c3ccsc3)nc3ccccc23)CCO1. The summed E-state index contributed by atoms with van der Waals surface area (Å²) in [6, 6.07) is 10.3. The van der Waals surface area contributed by atoms with Crippen LogP contribution in [0.2, 0.25) is 0 Å². The molecule has 1 saturated heterocycles. The van der Waals surface area contributed by atoms with Crippen LogP contribution in [0.4, 0.5) is 5.82 Å². The first-order chi connectivity index (χ1) is 10.8. The van der Waals surface area contributed by atoms with Gasteiger partial charge in [-0.25, -0.2) is 9.97 Å². The average Bonchev–Trinajstić information content (AvgIpc) is 3.08. The van der Waals surface area contributed by atoms with Gasteiger partial charge >= 0.3 is 0 Å². The number of benzene rings is 1. The number of aromatic nitrogens is 2. The summed E-state index contributed by atoms with van der Waals surface area (Å²) in [6.07, 6.45) is 0.229. The lowest BCUT2D eigenvalue weighted by molar-refractivity contribution is 0.0530. The average molecular weight is 311 g/mol. The highest BCUT2D eigenvalue weighted by Gasteiger charge is 2.21. The molecule has 0 saturated carbocycles. The largest absolute Gasteiger partial charge is 0.375 e. The van der Waals surface area contributed by atoms with Crippen LogP contribution in [0.25, 0.3) is 22.3 Å². The second-order valence-corrected chi connectivity index (χ2v) is 6.31. The molecule has 0 aliphatic carbocycles. The van der Waals surface area contributed by atoms with E-state index in [4.69, 9.17) is 14.7 Å². The quantitative estimate of drug-likeness (QED) is 0.725. The molecule has 5 heteroatoms. The zero-order valence-electron chi connectivity index (χ0n) is 12.4. The van der Waals surface area contributed by atoms with Gasteiger partial charge in [0.1, 0.15) is 5.82 Å². The van der Waals surface area contributed by atoms with Crippen LogP contribution < -0.4 is 4.90 Å². The first-order valence-corrected chi connectivity index (χ1v) is 8.41. The summed E-state index contributed by atoms with van der Waals surface area (Å²) in [5.74, 6) is 1.82. The van der Waals surface area contributed by atoms with Crippen LogP contribution in [0.3, 0.4) is 0 Å². The van der Waals surface area contributed by atoms with Crippen molar-refractivity contribution in [2.45, 2.75) is 13.0 Å². The Kier molecular flexibility index (Phi) is 3.52. The lowest BCUT2D eigenvalue weighted by Crippen LogP contribution is -2.41. The van der Waals surface area contributed by atoms with E-state index >= 15 is 0 Å². The van der Waals surface area contributed by atoms with E-state index < -0.39 is 0 Å². The van der Waals surface area contributed by atoms with Gasteiger partial charge in [0, 0.05) is 29.4 Å². The molecular weight excluding hydrogens is 294 g/mol. The number of fused-ring (bicyclic) bond motifs is 1. The number of anilines is 1. The molecule has 1 aliphatic heterocycles. The normalized spacial score (nSPS) is 18.8. The molecule has 2 aromatic heterocycles. The van der Waals surface area contributed by atoms with E-state index in [0.717, 1.165) is 47.8 Å². The fourth-order valence-corrected chi connectivity index (χ4v) is 3.47. The summed E-state index contributed by atoms with van der Waals surface area (Å²) in [6.45, 7) is 4.58. The number of morpholine rings is 1. The van der Waals surface area contributed by atoms with Gasteiger partial charge in [-0.2, -0.15) is 11.3 Å². The van der Waals surface area contributed by atoms with Crippen molar-refractivity contribution in [2.75, 3.05) is 24.6 Å². The Hall–Kier alpha value is -1.98. The van der Waals surface area contributed by atoms with Crippen LogP contribution in [-0.4, -0.2) is 35.8 Å². The van der Waals surface area contributed by atoms with Gasteiger partial charge in [0.05, 0.1) is 18.2 Å². The summed E-state index contributed by atoms with van der Waals surface area (Å²) in [5, 5.41) is 5.26. The Balaban J connectivity index is 1.87. The van der Waals surface area contributed by atoms with Gasteiger partial charge in [-0.3, -0.25) is 0 Å². The van der Waals surface area contributed by atoms with Crippen LogP contribution in [0.5, 0.6) is 0 Å². The number of rotatable bonds is 2. The van der Waals surface area contributed by atoms with Crippen molar-refractivity contribution in [3.63, 3.8) is 0 Å². The highest BCUT2D eigenvalue weighted by molar-refractivity contribution is 7.08. The summed E-state index contributed by atoms with van der Waals surface area (Å²) in [7, 11) is 0. The van der Waals surface area contributed by atoms with Crippen molar-refractivity contribution in [3.05, 3.63) is 41.1 Å². The van der Waals surface area contributed by atoms with Crippen molar-refractivity contribution in [1.29, 1.82) is 0 Å². The number of para-hydroxylation sites is 1. The van der Waals surface area contributed by atoms with Gasteiger partial charge in [-0.1, -0.05) is 12.1 Å². The van der Waals surface area contributed by atoms with Gasteiger partial charge in [0.15, 0.2) is 5.82 Å². The van der Waals surface area contributed by atoms with E-state index in [0.29, 0.717) is 0 Å². The minimum absolute atomic E-state index is 0.229. The minimum atomic E-state index is 0.229. The number of hydrogen-bond acceptors (Lipinski definition) is 5. The zero-order chi connectivity index (χ0) is 14.9. The third-order valence-corrected chi connectivity index (χ3v) is 4.59. The Labute approximate surface area is 133 Å². The molecule has 0 amide bonds. The highest BCUT2D eigenvalue weighted by atomic mass is 32.1. The molecule has 3 aromatic rings. The van der Waals surface area contributed by atoms with Crippen LogP contribution >= 0.6 is 11.3 Å². The number of nitrogens with zero attached hydrogens (tertiary/aromatic N) is 3. The van der Waals surface area contributed by atoms with Crippen LogP contribution in [-0.2, 0) is 4.74 Å². The number of thiophene rings is 1. The maximum absolute atomic E-state index is 5.66. The number of ether oxygens (including phenoxy) is 1. The molecule has 22 heavy (non-hydrogen) atoms. The monoisotopic (exact) mass is 311 g/mol. The second kappa shape index (κ2) is 5.66. The van der Waals surface area contributed by atoms with E-state index in [2.05, 4.69) is 40.8 Å². The molecule has 0 bridgehead atoms. The maximum Gasteiger partial charge on any atom is 0.162 e. The lowest BCUT2D eigenvalue weighted by atomic mass is 10.2. The summed E-state index contributed by atoms with van der Waals surface area (Å²) in [5.41, 5.74) is 2.08. The third kappa shape index (κ3) is 2.46. The molecule has 1 fully saturated rings. The molecule has 0 N–H and O–H groups in total. The van der Waals surface area contributed by atoms with Crippen molar-refractivity contribution in [2.24, 2.45) is 0 Å². The van der Waals surface area contributed by atoms with E-state index in [-0.39, 0.29) is 6.10 Å². The summed E-state index contributed by atoms with van der Waals surface area (Å²) < 4.78 is 5.66. The molecule has 1 aromatic carbocycles. The predicted octanol–water partition coefficient (Wildman–Crippen LogP) is 3.58. The van der Waals surface area contributed by atoms with Crippen molar-refractivity contribution < 1.29 is 4.74 Å². The van der Waals surface area contributed by atoms with E-state index in [1.807, 2.05) is 12.1 Å². The van der Waals surface area contributed by atoms with Crippen molar-refractivity contribution >= 4 is 28.1 Å². The molecule has 0 spiro atoms. The van der Waals surface area contributed by atoms with Gasteiger partial charge in [0.25, 0.3) is 0 Å². The molecule has 1 aliphatic rings. The van der Waals surface area contributed by atoms with Gasteiger partial charge in [-0.05, 0) is 30.5 Å². The van der Waals surface area contributed by atoms with Gasteiger partial charge in [0.2, 0.25) is 0 Å². The molecule has 112 valence electrons. The van der Waals surface area contributed by atoms with E-state index in [1.54, 1.807) is 11.3 Å². The molecule has 3 heterocycles. The Morgan fingerprint density at radius 2 is 2.14 bits per heavy atom. The van der Waals surface area contributed by atoms with Crippen LogP contribution in [0.15, 0.2) is 41.1 Å². The van der Waals surface area contributed by atoms with Crippen molar-refractivity contribution in [1.82, 2.24) is 9.97 Å². The van der Waals surface area contributed by atoms with Crippen LogP contribution in [0, 0.1) is 0 Å². The minimum Gasteiger partial charge on any atom is -0.375 e. The molecule has 4 rings (SSSR count). The smallest absolute Gasteiger partial charge is 0.162 e. The summed E-state index contributed by atoms with van der Waals surface area (Å²) >= 11 is 1.67. The topological polar surface area (TPSA) is 38.2 Å². The molecule has 4 nitrogen and oxygen atoms in total. The molecular formula is C17H17N3OS. The van der Waals surface area contributed by atoms with Gasteiger partial charge < -0.3 is 9.64 Å². The predicted molar refractivity (Wildman–Crippen MR) is 90.5 cm³/mol. The van der Waals surface area contributed by atoms with Crippen molar-refractivity contribution in [3.8, 4) is 11.4 Å². The molecule has 1 unspecified atom stereocenters. The molecule has 0 radical (unpaired) electrons. The maximum atomic E-state index is 5.66. The van der Waals surface area contributed by atoms with Crippen LogP contribution in [0.1, 0.15) is 6.92 Å². The Morgan fingerprint density at radius 1 is 1.23 bits per heavy atom. The second-order valence-electron chi connectivity index (χ2n) is 5.53. The molecule has 1 atom stereocenters. The lowest BCUT2D eigenvalue weighted by Gasteiger charge is -2.32. The van der Waals surface area contributed by atoms with E-state index in [9.17, 15) is 0 Å². The number of hydrogen-bond donors (Lipinski definition) is 0. The fraction of sp³-hybridized carbons (Fsp3) is 0.294. The van der Waals surface area contributed by atoms with Gasteiger partial charge in [-0.15, -0.1) is 0 Å². The standard InChI is InChI=1S/C17H17N3OS/c1-12-10-20(7-8-21-12)17-14-4-2-3-5-15(14)18-16(19-17)13-6-9-22-11-13/h2-6,9,11-12H,7-8,10H2,1H3. The first-order valence-electron chi connectivity index (χ1n) is 7.47. The highest BCUT2D eigenvalue weighted by Crippen LogP contribution is 2.29. The third-order valence-electron chi connectivity index (χ3n) is 3.90. The Bertz CT molecular complexity index is 788. The Morgan fingerprint density at radius 3 is 2.95 bits per heavy atom. The first kappa shape index (κ1) is 13.7. The fourth-order valence-electron chi connectivity index (χ4n) is 2.83. The zero-order valence-corrected chi connectivity index (χ0v) is 13.2. The summed E-state index contributed by atoms with van der Waals surface area (Å²) in [4.78, 5) is 11.9. The van der Waals surface area contributed by atoms with E-state index in [1.165, 1.54) is 0 Å².